The second kappa shape index (κ2) is 6.75. The van der Waals surface area contributed by atoms with Gasteiger partial charge in [-0.2, -0.15) is 0 Å². The molecule has 0 atom stereocenters. The maximum absolute atomic E-state index is 11.4. The van der Waals surface area contributed by atoms with Crippen molar-refractivity contribution in [3.63, 3.8) is 0 Å². The first-order valence-electron chi connectivity index (χ1n) is 6.52. The van der Waals surface area contributed by atoms with E-state index in [2.05, 4.69) is 0 Å². The predicted molar refractivity (Wildman–Crippen MR) is 77.7 cm³/mol. The molecule has 3 nitrogen and oxygen atoms in total. The smallest absolute Gasteiger partial charge is 0.310 e. The van der Waals surface area contributed by atoms with E-state index in [0.29, 0.717) is 6.61 Å². The molecule has 2 aromatic carbocycles. The lowest BCUT2D eigenvalue weighted by atomic mass is 10.1. The van der Waals surface area contributed by atoms with E-state index < -0.39 is 0 Å². The number of carbonyl (C=O) groups is 1. The first-order valence-corrected chi connectivity index (χ1v) is 6.52. The summed E-state index contributed by atoms with van der Waals surface area (Å²) in [5, 5.41) is 0. The van der Waals surface area contributed by atoms with Crippen molar-refractivity contribution < 1.29 is 14.3 Å². The van der Waals surface area contributed by atoms with E-state index in [1.807, 2.05) is 55.5 Å². The van der Waals surface area contributed by atoms with Crippen LogP contribution in [0, 0.1) is 6.92 Å². The summed E-state index contributed by atoms with van der Waals surface area (Å²) in [6, 6.07) is 15.8. The van der Waals surface area contributed by atoms with Crippen molar-refractivity contribution in [1.82, 2.24) is 0 Å². The van der Waals surface area contributed by atoms with Crippen molar-refractivity contribution in [2.75, 3.05) is 7.11 Å². The summed E-state index contributed by atoms with van der Waals surface area (Å²) >= 11 is 0. The molecule has 2 aromatic rings. The van der Waals surface area contributed by atoms with Crippen LogP contribution >= 0.6 is 0 Å². The Morgan fingerprint density at radius 3 is 2.55 bits per heavy atom. The van der Waals surface area contributed by atoms with Crippen molar-refractivity contribution >= 4 is 5.97 Å². The second-order valence-electron chi connectivity index (χ2n) is 4.64. The molecule has 0 fully saturated rings. The molecule has 3 heteroatoms. The highest BCUT2D eigenvalue weighted by molar-refractivity contribution is 5.73. The van der Waals surface area contributed by atoms with Crippen molar-refractivity contribution in [2.45, 2.75) is 20.0 Å². The Hall–Kier alpha value is -2.29. The summed E-state index contributed by atoms with van der Waals surface area (Å²) < 4.78 is 10.5. The number of aryl methyl sites for hydroxylation is 1. The summed E-state index contributed by atoms with van der Waals surface area (Å²) in [6.45, 7) is 2.48. The SMILES string of the molecule is COC(=O)Cc1ccc(C)cc1OCc1ccccc1. The zero-order valence-corrected chi connectivity index (χ0v) is 11.8. The number of hydrogen-bond donors (Lipinski definition) is 0. The van der Waals surface area contributed by atoms with Crippen LogP contribution in [-0.4, -0.2) is 13.1 Å². The topological polar surface area (TPSA) is 35.5 Å². The van der Waals surface area contributed by atoms with E-state index in [1.165, 1.54) is 7.11 Å². The van der Waals surface area contributed by atoms with E-state index in [0.717, 1.165) is 22.4 Å². The molecule has 0 bridgehead atoms. The Balaban J connectivity index is 2.13. The molecule has 0 N–H and O–H groups in total. The van der Waals surface area contributed by atoms with Gasteiger partial charge in [-0.1, -0.05) is 42.5 Å². The molecule has 0 aliphatic rings. The van der Waals surface area contributed by atoms with Gasteiger partial charge in [0.25, 0.3) is 0 Å². The molecule has 0 amide bonds. The molecule has 0 spiro atoms. The van der Waals surface area contributed by atoms with Gasteiger partial charge in [-0.25, -0.2) is 0 Å². The fourth-order valence-corrected chi connectivity index (χ4v) is 1.91. The zero-order chi connectivity index (χ0) is 14.4. The van der Waals surface area contributed by atoms with Crippen LogP contribution in [0.3, 0.4) is 0 Å². The molecule has 104 valence electrons. The number of ether oxygens (including phenoxy) is 2. The van der Waals surface area contributed by atoms with Crippen molar-refractivity contribution in [1.29, 1.82) is 0 Å². The molecule has 0 saturated carbocycles. The molecule has 0 unspecified atom stereocenters. The molecule has 0 aromatic heterocycles. The number of methoxy groups -OCH3 is 1. The van der Waals surface area contributed by atoms with Crippen LogP contribution in [0.5, 0.6) is 5.75 Å². The molecular weight excluding hydrogens is 252 g/mol. The summed E-state index contributed by atoms with van der Waals surface area (Å²) in [6.07, 6.45) is 0.223. The Morgan fingerprint density at radius 2 is 1.85 bits per heavy atom. The van der Waals surface area contributed by atoms with Crippen LogP contribution in [-0.2, 0) is 22.6 Å². The Kier molecular flexibility index (Phi) is 4.77. The fourth-order valence-electron chi connectivity index (χ4n) is 1.91. The minimum Gasteiger partial charge on any atom is -0.489 e. The quantitative estimate of drug-likeness (QED) is 0.782. The molecule has 0 aliphatic carbocycles. The molecule has 2 rings (SSSR count). The lowest BCUT2D eigenvalue weighted by Gasteiger charge is -2.12. The lowest BCUT2D eigenvalue weighted by Crippen LogP contribution is -2.07. The third-order valence-corrected chi connectivity index (χ3v) is 3.02. The second-order valence-corrected chi connectivity index (χ2v) is 4.64. The maximum Gasteiger partial charge on any atom is 0.310 e. The minimum atomic E-state index is -0.265. The van der Waals surface area contributed by atoms with Crippen LogP contribution in [0.25, 0.3) is 0 Å². The Morgan fingerprint density at radius 1 is 1.10 bits per heavy atom. The maximum atomic E-state index is 11.4. The van der Waals surface area contributed by atoms with Crippen molar-refractivity contribution in [2.24, 2.45) is 0 Å². The van der Waals surface area contributed by atoms with Crippen LogP contribution in [0.1, 0.15) is 16.7 Å². The molecular formula is C17H18O3. The van der Waals surface area contributed by atoms with E-state index in [1.54, 1.807) is 0 Å². The number of benzene rings is 2. The average Bonchev–Trinajstić information content (AvgIpc) is 2.48. The zero-order valence-electron chi connectivity index (χ0n) is 11.8. The van der Waals surface area contributed by atoms with E-state index >= 15 is 0 Å². The summed E-state index contributed by atoms with van der Waals surface area (Å²) in [5.41, 5.74) is 3.04. The first-order chi connectivity index (χ1) is 9.69. The highest BCUT2D eigenvalue weighted by Gasteiger charge is 2.09. The van der Waals surface area contributed by atoms with Gasteiger partial charge in [-0.3, -0.25) is 4.79 Å². The van der Waals surface area contributed by atoms with Gasteiger partial charge < -0.3 is 9.47 Å². The van der Waals surface area contributed by atoms with Gasteiger partial charge in [-0.15, -0.1) is 0 Å². The molecule has 0 aliphatic heterocycles. The van der Waals surface area contributed by atoms with E-state index in [4.69, 9.17) is 9.47 Å². The minimum absolute atomic E-state index is 0.223. The van der Waals surface area contributed by atoms with E-state index in [9.17, 15) is 4.79 Å². The van der Waals surface area contributed by atoms with Crippen LogP contribution < -0.4 is 4.74 Å². The Labute approximate surface area is 119 Å². The van der Waals surface area contributed by atoms with Crippen molar-refractivity contribution in [3.05, 3.63) is 65.2 Å². The van der Waals surface area contributed by atoms with Crippen LogP contribution in [0.2, 0.25) is 0 Å². The third kappa shape index (κ3) is 3.85. The normalized spacial score (nSPS) is 10.1. The van der Waals surface area contributed by atoms with Crippen LogP contribution in [0.15, 0.2) is 48.5 Å². The van der Waals surface area contributed by atoms with Gasteiger partial charge in [0.2, 0.25) is 0 Å². The van der Waals surface area contributed by atoms with E-state index in [-0.39, 0.29) is 12.4 Å². The lowest BCUT2D eigenvalue weighted by molar-refractivity contribution is -0.139. The summed E-state index contributed by atoms with van der Waals surface area (Å²) in [5.74, 6) is 0.470. The Bertz CT molecular complexity index is 576. The number of hydrogen-bond acceptors (Lipinski definition) is 3. The largest absolute Gasteiger partial charge is 0.489 e. The standard InChI is InChI=1S/C17H18O3/c1-13-8-9-15(11-17(18)19-2)16(10-13)20-12-14-6-4-3-5-7-14/h3-10H,11-12H2,1-2H3. The number of rotatable bonds is 5. The van der Waals surface area contributed by atoms with Gasteiger partial charge in [0.15, 0.2) is 0 Å². The molecule has 20 heavy (non-hydrogen) atoms. The number of esters is 1. The average molecular weight is 270 g/mol. The van der Waals surface area contributed by atoms with Gasteiger partial charge in [-0.05, 0) is 24.1 Å². The number of carbonyl (C=O) groups excluding carboxylic acids is 1. The van der Waals surface area contributed by atoms with Gasteiger partial charge in [0.1, 0.15) is 12.4 Å². The third-order valence-electron chi connectivity index (χ3n) is 3.02. The van der Waals surface area contributed by atoms with Crippen molar-refractivity contribution in [3.8, 4) is 5.75 Å². The molecule has 0 saturated heterocycles. The van der Waals surface area contributed by atoms with Gasteiger partial charge in [0.05, 0.1) is 13.5 Å². The monoisotopic (exact) mass is 270 g/mol. The van der Waals surface area contributed by atoms with Gasteiger partial charge >= 0.3 is 5.97 Å². The first kappa shape index (κ1) is 14.1. The highest BCUT2D eigenvalue weighted by atomic mass is 16.5. The molecule has 0 radical (unpaired) electrons. The molecule has 0 heterocycles. The van der Waals surface area contributed by atoms with Crippen LogP contribution in [0.4, 0.5) is 0 Å². The highest BCUT2D eigenvalue weighted by Crippen LogP contribution is 2.22. The van der Waals surface area contributed by atoms with Gasteiger partial charge in [0, 0.05) is 5.56 Å². The summed E-state index contributed by atoms with van der Waals surface area (Å²) in [7, 11) is 1.39. The predicted octanol–water partition coefficient (Wildman–Crippen LogP) is 3.29. The fraction of sp³-hybridized carbons (Fsp3) is 0.235. The summed E-state index contributed by atoms with van der Waals surface area (Å²) in [4.78, 5) is 11.4.